The number of halogens is 2. The molecule has 0 spiro atoms. The molecular weight excluding hydrogens is 277 g/mol. The van der Waals surface area contributed by atoms with Crippen molar-refractivity contribution < 1.29 is 0 Å². The highest BCUT2D eigenvalue weighted by atomic mass is 35.5. The Bertz CT molecular complexity index is 440. The molecule has 104 valence electrons. The second-order valence-electron chi connectivity index (χ2n) is 6.13. The van der Waals surface area contributed by atoms with Crippen LogP contribution < -0.4 is 5.32 Å². The lowest BCUT2D eigenvalue weighted by atomic mass is 9.97. The van der Waals surface area contributed by atoms with E-state index in [0.29, 0.717) is 11.1 Å². The fourth-order valence-electron chi connectivity index (χ4n) is 3.04. The summed E-state index contributed by atoms with van der Waals surface area (Å²) in [5.74, 6) is 2.88. The van der Waals surface area contributed by atoms with Gasteiger partial charge in [0.15, 0.2) is 0 Å². The minimum atomic E-state index is 0.296. The molecule has 0 aromatic heterocycles. The van der Waals surface area contributed by atoms with Gasteiger partial charge in [-0.1, -0.05) is 29.3 Å². The van der Waals surface area contributed by atoms with Crippen LogP contribution in [0.4, 0.5) is 0 Å². The monoisotopic (exact) mass is 297 g/mol. The Morgan fingerprint density at radius 2 is 1.79 bits per heavy atom. The van der Waals surface area contributed by atoms with Gasteiger partial charge in [-0.2, -0.15) is 0 Å². The second kappa shape index (κ2) is 5.63. The molecule has 0 radical (unpaired) electrons. The summed E-state index contributed by atoms with van der Waals surface area (Å²) in [5.41, 5.74) is 1.15. The normalized spacial score (nSPS) is 20.8. The fourth-order valence-corrected chi connectivity index (χ4v) is 3.61. The van der Waals surface area contributed by atoms with E-state index < -0.39 is 0 Å². The van der Waals surface area contributed by atoms with E-state index in [1.54, 1.807) is 0 Å². The molecule has 3 rings (SSSR count). The van der Waals surface area contributed by atoms with E-state index in [1.807, 2.05) is 18.2 Å². The molecule has 0 amide bonds. The summed E-state index contributed by atoms with van der Waals surface area (Å²) in [6.07, 6.45) is 5.77. The summed E-state index contributed by atoms with van der Waals surface area (Å²) >= 11 is 12.2. The van der Waals surface area contributed by atoms with Crippen LogP contribution in [0.3, 0.4) is 0 Å². The van der Waals surface area contributed by atoms with E-state index in [2.05, 4.69) is 12.2 Å². The van der Waals surface area contributed by atoms with Crippen LogP contribution in [0.5, 0.6) is 0 Å². The van der Waals surface area contributed by atoms with Crippen LogP contribution in [0.15, 0.2) is 18.2 Å². The SMILES string of the molecule is CC(NCC(C1CC1)C1CC1)c1ccc(Cl)cc1Cl. The Morgan fingerprint density at radius 3 is 2.32 bits per heavy atom. The first kappa shape index (κ1) is 13.7. The fraction of sp³-hybridized carbons (Fsp3) is 0.625. The Balaban J connectivity index is 1.59. The predicted octanol–water partition coefficient (Wildman–Crippen LogP) is 5.08. The maximum absolute atomic E-state index is 6.27. The van der Waals surface area contributed by atoms with E-state index in [4.69, 9.17) is 23.2 Å². The molecule has 1 N–H and O–H groups in total. The molecule has 19 heavy (non-hydrogen) atoms. The maximum Gasteiger partial charge on any atom is 0.0468 e. The molecule has 1 unspecified atom stereocenters. The molecule has 1 nitrogen and oxygen atoms in total. The predicted molar refractivity (Wildman–Crippen MR) is 81.8 cm³/mol. The minimum absolute atomic E-state index is 0.296. The van der Waals surface area contributed by atoms with E-state index >= 15 is 0 Å². The third-order valence-corrected chi connectivity index (χ3v) is 5.11. The van der Waals surface area contributed by atoms with Crippen molar-refractivity contribution in [1.29, 1.82) is 0 Å². The second-order valence-corrected chi connectivity index (χ2v) is 6.98. The topological polar surface area (TPSA) is 12.0 Å². The average molecular weight is 298 g/mol. The zero-order valence-electron chi connectivity index (χ0n) is 11.3. The highest BCUT2D eigenvalue weighted by Gasteiger charge is 2.41. The van der Waals surface area contributed by atoms with Gasteiger partial charge in [0, 0.05) is 16.1 Å². The summed E-state index contributed by atoms with van der Waals surface area (Å²) in [7, 11) is 0. The molecule has 2 aliphatic rings. The van der Waals surface area contributed by atoms with E-state index in [0.717, 1.165) is 34.9 Å². The van der Waals surface area contributed by atoms with Crippen LogP contribution in [0, 0.1) is 17.8 Å². The quantitative estimate of drug-likeness (QED) is 0.772. The first-order valence-electron chi connectivity index (χ1n) is 7.33. The van der Waals surface area contributed by atoms with Gasteiger partial charge in [0.1, 0.15) is 0 Å². The molecule has 2 fully saturated rings. The minimum Gasteiger partial charge on any atom is -0.310 e. The number of hydrogen-bond acceptors (Lipinski definition) is 1. The van der Waals surface area contributed by atoms with Gasteiger partial charge in [0.05, 0.1) is 0 Å². The molecular formula is C16H21Cl2N. The molecule has 0 saturated heterocycles. The van der Waals surface area contributed by atoms with E-state index in [-0.39, 0.29) is 0 Å². The van der Waals surface area contributed by atoms with Crippen LogP contribution in [0.2, 0.25) is 10.0 Å². The average Bonchev–Trinajstić information content (AvgIpc) is 3.23. The van der Waals surface area contributed by atoms with Crippen molar-refractivity contribution in [3.63, 3.8) is 0 Å². The van der Waals surface area contributed by atoms with Crippen LogP contribution in [0.1, 0.15) is 44.2 Å². The Morgan fingerprint density at radius 1 is 1.16 bits per heavy atom. The van der Waals surface area contributed by atoms with Gasteiger partial charge in [-0.25, -0.2) is 0 Å². The molecule has 1 aromatic carbocycles. The standard InChI is InChI=1S/C16H21Cl2N/c1-10(14-7-6-13(17)8-16(14)18)19-9-15(11-2-3-11)12-4-5-12/h6-8,10-12,15,19H,2-5,9H2,1H3. The molecule has 2 saturated carbocycles. The molecule has 1 atom stereocenters. The lowest BCUT2D eigenvalue weighted by Crippen LogP contribution is -2.28. The first-order valence-corrected chi connectivity index (χ1v) is 8.09. The van der Waals surface area contributed by atoms with E-state index in [9.17, 15) is 0 Å². The van der Waals surface area contributed by atoms with Crippen LogP contribution in [-0.2, 0) is 0 Å². The Kier molecular flexibility index (Phi) is 4.07. The van der Waals surface area contributed by atoms with Gasteiger partial charge in [-0.15, -0.1) is 0 Å². The third-order valence-electron chi connectivity index (χ3n) is 4.54. The number of nitrogens with one attached hydrogen (secondary N) is 1. The van der Waals surface area contributed by atoms with Crippen molar-refractivity contribution >= 4 is 23.2 Å². The van der Waals surface area contributed by atoms with Crippen molar-refractivity contribution in [1.82, 2.24) is 5.32 Å². The van der Waals surface area contributed by atoms with Crippen LogP contribution >= 0.6 is 23.2 Å². The van der Waals surface area contributed by atoms with Crippen molar-refractivity contribution in [2.75, 3.05) is 6.54 Å². The zero-order valence-corrected chi connectivity index (χ0v) is 12.8. The highest BCUT2D eigenvalue weighted by Crippen LogP contribution is 2.49. The highest BCUT2D eigenvalue weighted by molar-refractivity contribution is 6.35. The molecule has 0 bridgehead atoms. The maximum atomic E-state index is 6.27. The van der Waals surface area contributed by atoms with Crippen molar-refractivity contribution in [3.05, 3.63) is 33.8 Å². The lowest BCUT2D eigenvalue weighted by molar-refractivity contribution is 0.362. The van der Waals surface area contributed by atoms with Gasteiger partial charge >= 0.3 is 0 Å². The zero-order chi connectivity index (χ0) is 13.4. The van der Waals surface area contributed by atoms with Gasteiger partial charge in [-0.05, 0) is 74.6 Å². The van der Waals surface area contributed by atoms with Crippen molar-refractivity contribution in [3.8, 4) is 0 Å². The molecule has 3 heteroatoms. The number of rotatable bonds is 6. The van der Waals surface area contributed by atoms with E-state index in [1.165, 1.54) is 25.7 Å². The molecule has 1 aromatic rings. The third kappa shape index (κ3) is 3.45. The van der Waals surface area contributed by atoms with Crippen molar-refractivity contribution in [2.24, 2.45) is 17.8 Å². The largest absolute Gasteiger partial charge is 0.310 e. The summed E-state index contributed by atoms with van der Waals surface area (Å²) in [6.45, 7) is 3.32. The summed E-state index contributed by atoms with van der Waals surface area (Å²) in [5, 5.41) is 5.14. The summed E-state index contributed by atoms with van der Waals surface area (Å²) < 4.78 is 0. The summed E-state index contributed by atoms with van der Waals surface area (Å²) in [4.78, 5) is 0. The van der Waals surface area contributed by atoms with Crippen LogP contribution in [0.25, 0.3) is 0 Å². The summed E-state index contributed by atoms with van der Waals surface area (Å²) in [6, 6.07) is 6.08. The van der Waals surface area contributed by atoms with Gasteiger partial charge < -0.3 is 5.32 Å². The van der Waals surface area contributed by atoms with Gasteiger partial charge in [0.2, 0.25) is 0 Å². The van der Waals surface area contributed by atoms with Crippen molar-refractivity contribution in [2.45, 2.75) is 38.6 Å². The van der Waals surface area contributed by atoms with Gasteiger partial charge in [-0.3, -0.25) is 0 Å². The molecule has 2 aliphatic carbocycles. The Labute approximate surface area is 125 Å². The first-order chi connectivity index (χ1) is 9.15. The molecule has 0 heterocycles. The van der Waals surface area contributed by atoms with Gasteiger partial charge in [0.25, 0.3) is 0 Å². The lowest BCUT2D eigenvalue weighted by Gasteiger charge is -2.21. The number of hydrogen-bond donors (Lipinski definition) is 1. The van der Waals surface area contributed by atoms with Crippen LogP contribution in [-0.4, -0.2) is 6.54 Å². The Hall–Kier alpha value is -0.240. The number of benzene rings is 1. The molecule has 0 aliphatic heterocycles. The smallest absolute Gasteiger partial charge is 0.0468 e.